The average molecular weight is 265 g/mol. The van der Waals surface area contributed by atoms with Crippen molar-refractivity contribution >= 4 is 28.7 Å². The monoisotopic (exact) mass is 265 g/mol. The number of morpholine rings is 1. The fourth-order valence-electron chi connectivity index (χ4n) is 2.06. The molecule has 1 aliphatic rings. The van der Waals surface area contributed by atoms with Gasteiger partial charge in [0.05, 0.1) is 24.6 Å². The second kappa shape index (κ2) is 6.02. The summed E-state index contributed by atoms with van der Waals surface area (Å²) in [7, 11) is 1.82. The maximum Gasteiger partial charge on any atom is 0.170 e. The Labute approximate surface area is 113 Å². The Hall–Kier alpha value is -1.33. The summed E-state index contributed by atoms with van der Waals surface area (Å²) in [4.78, 5) is 2.33. The first-order valence-electron chi connectivity index (χ1n) is 6.13. The van der Waals surface area contributed by atoms with Gasteiger partial charge in [-0.25, -0.2) is 0 Å². The van der Waals surface area contributed by atoms with Crippen LogP contribution in [0.15, 0.2) is 18.2 Å². The van der Waals surface area contributed by atoms with Gasteiger partial charge >= 0.3 is 0 Å². The highest BCUT2D eigenvalue weighted by Crippen LogP contribution is 2.29. The van der Waals surface area contributed by atoms with Crippen LogP contribution in [-0.4, -0.2) is 38.5 Å². The van der Waals surface area contributed by atoms with Gasteiger partial charge in [0.2, 0.25) is 0 Å². The van der Waals surface area contributed by atoms with Crippen molar-refractivity contribution in [1.82, 2.24) is 5.32 Å². The van der Waals surface area contributed by atoms with Crippen LogP contribution in [-0.2, 0) is 4.74 Å². The van der Waals surface area contributed by atoms with E-state index in [2.05, 4.69) is 40.7 Å². The van der Waals surface area contributed by atoms with Crippen LogP contribution in [0.1, 0.15) is 5.56 Å². The molecule has 4 nitrogen and oxygen atoms in total. The molecule has 0 unspecified atom stereocenters. The van der Waals surface area contributed by atoms with E-state index in [1.165, 1.54) is 11.3 Å². The molecule has 2 rings (SSSR count). The predicted molar refractivity (Wildman–Crippen MR) is 79.5 cm³/mol. The Bertz CT molecular complexity index is 430. The van der Waals surface area contributed by atoms with Crippen molar-refractivity contribution in [3.8, 4) is 0 Å². The molecule has 0 atom stereocenters. The van der Waals surface area contributed by atoms with Gasteiger partial charge in [0.1, 0.15) is 0 Å². The van der Waals surface area contributed by atoms with Crippen LogP contribution in [0.4, 0.5) is 11.4 Å². The topological polar surface area (TPSA) is 36.5 Å². The zero-order valence-electron chi connectivity index (χ0n) is 10.8. The molecule has 1 heterocycles. The van der Waals surface area contributed by atoms with E-state index < -0.39 is 0 Å². The van der Waals surface area contributed by atoms with E-state index >= 15 is 0 Å². The fraction of sp³-hybridized carbons (Fsp3) is 0.462. The quantitative estimate of drug-likeness (QED) is 0.797. The molecular formula is C13H19N3OS. The number of hydrogen-bond acceptors (Lipinski definition) is 3. The molecule has 1 saturated heterocycles. The highest BCUT2D eigenvalue weighted by molar-refractivity contribution is 7.80. The SMILES string of the molecule is CNC(=S)Nc1c(C)cccc1N1CCOCC1. The van der Waals surface area contributed by atoms with Crippen LogP contribution in [0.25, 0.3) is 0 Å². The summed E-state index contributed by atoms with van der Waals surface area (Å²) < 4.78 is 5.39. The molecule has 98 valence electrons. The third kappa shape index (κ3) is 2.91. The van der Waals surface area contributed by atoms with Gasteiger partial charge in [0, 0.05) is 20.1 Å². The lowest BCUT2D eigenvalue weighted by Crippen LogP contribution is -2.37. The number of thiocarbonyl (C=S) groups is 1. The molecule has 18 heavy (non-hydrogen) atoms. The van der Waals surface area contributed by atoms with E-state index in [1.54, 1.807) is 0 Å². The molecule has 0 amide bonds. The number of ether oxygens (including phenoxy) is 1. The van der Waals surface area contributed by atoms with Gasteiger partial charge in [0.25, 0.3) is 0 Å². The number of nitrogens with one attached hydrogen (secondary N) is 2. The van der Waals surface area contributed by atoms with Gasteiger partial charge in [-0.2, -0.15) is 0 Å². The number of rotatable bonds is 2. The van der Waals surface area contributed by atoms with E-state index in [0.29, 0.717) is 5.11 Å². The van der Waals surface area contributed by atoms with Crippen molar-refractivity contribution in [3.63, 3.8) is 0 Å². The van der Waals surface area contributed by atoms with Gasteiger partial charge in [-0.1, -0.05) is 12.1 Å². The minimum absolute atomic E-state index is 0.638. The largest absolute Gasteiger partial charge is 0.378 e. The zero-order valence-corrected chi connectivity index (χ0v) is 11.6. The Morgan fingerprint density at radius 2 is 2.06 bits per heavy atom. The van der Waals surface area contributed by atoms with Gasteiger partial charge in [0.15, 0.2) is 5.11 Å². The third-order valence-electron chi connectivity index (χ3n) is 3.07. The van der Waals surface area contributed by atoms with Gasteiger partial charge in [-0.3, -0.25) is 0 Å². The van der Waals surface area contributed by atoms with E-state index in [4.69, 9.17) is 17.0 Å². The van der Waals surface area contributed by atoms with Gasteiger partial charge in [-0.15, -0.1) is 0 Å². The first-order chi connectivity index (χ1) is 8.72. The summed E-state index contributed by atoms with van der Waals surface area (Å²) in [6, 6.07) is 6.29. The van der Waals surface area contributed by atoms with Crippen molar-refractivity contribution in [3.05, 3.63) is 23.8 Å². The normalized spacial score (nSPS) is 15.3. The molecule has 0 spiro atoms. The molecular weight excluding hydrogens is 246 g/mol. The molecule has 1 aliphatic heterocycles. The van der Waals surface area contributed by atoms with Crippen molar-refractivity contribution in [1.29, 1.82) is 0 Å². The Morgan fingerprint density at radius 3 is 2.72 bits per heavy atom. The number of para-hydroxylation sites is 1. The lowest BCUT2D eigenvalue weighted by Gasteiger charge is -2.31. The predicted octanol–water partition coefficient (Wildman–Crippen LogP) is 1.75. The van der Waals surface area contributed by atoms with Crippen LogP contribution < -0.4 is 15.5 Å². The van der Waals surface area contributed by atoms with E-state index in [9.17, 15) is 0 Å². The van der Waals surface area contributed by atoms with Crippen molar-refractivity contribution < 1.29 is 4.74 Å². The third-order valence-corrected chi connectivity index (χ3v) is 3.37. The molecule has 5 heteroatoms. The summed E-state index contributed by atoms with van der Waals surface area (Å²) in [5.41, 5.74) is 3.46. The van der Waals surface area contributed by atoms with Crippen LogP contribution >= 0.6 is 12.2 Å². The number of hydrogen-bond donors (Lipinski definition) is 2. The fourth-order valence-corrected chi connectivity index (χ4v) is 2.16. The summed E-state index contributed by atoms with van der Waals surface area (Å²) in [6.45, 7) is 5.49. The minimum Gasteiger partial charge on any atom is -0.378 e. The van der Waals surface area contributed by atoms with Crippen LogP contribution in [0.5, 0.6) is 0 Å². The summed E-state index contributed by atoms with van der Waals surface area (Å²) in [5, 5.41) is 6.85. The lowest BCUT2D eigenvalue weighted by atomic mass is 10.1. The smallest absolute Gasteiger partial charge is 0.170 e. The molecule has 0 radical (unpaired) electrons. The standard InChI is InChI=1S/C13H19N3OS/c1-10-4-3-5-11(12(10)15-13(18)14-2)16-6-8-17-9-7-16/h3-5H,6-9H2,1-2H3,(H2,14,15,18). The molecule has 0 aromatic heterocycles. The molecule has 1 fully saturated rings. The van der Waals surface area contributed by atoms with E-state index in [0.717, 1.165) is 32.0 Å². The maximum absolute atomic E-state index is 5.39. The first kappa shape index (κ1) is 13.1. The summed E-state index contributed by atoms with van der Waals surface area (Å²) >= 11 is 5.19. The van der Waals surface area contributed by atoms with Crippen LogP contribution in [0, 0.1) is 6.92 Å². The average Bonchev–Trinajstić information content (AvgIpc) is 2.42. The number of aryl methyl sites for hydroxylation is 1. The molecule has 2 N–H and O–H groups in total. The molecule has 0 bridgehead atoms. The van der Waals surface area contributed by atoms with E-state index in [1.807, 2.05) is 7.05 Å². The minimum atomic E-state index is 0.638. The summed E-state index contributed by atoms with van der Waals surface area (Å²) in [6.07, 6.45) is 0. The van der Waals surface area contributed by atoms with Crippen LogP contribution in [0.2, 0.25) is 0 Å². The Balaban J connectivity index is 2.27. The molecule has 1 aromatic rings. The van der Waals surface area contributed by atoms with E-state index in [-0.39, 0.29) is 0 Å². The second-order valence-electron chi connectivity index (χ2n) is 4.27. The zero-order chi connectivity index (χ0) is 13.0. The Morgan fingerprint density at radius 1 is 1.33 bits per heavy atom. The van der Waals surface area contributed by atoms with Crippen LogP contribution in [0.3, 0.4) is 0 Å². The number of nitrogens with zero attached hydrogens (tertiary/aromatic N) is 1. The van der Waals surface area contributed by atoms with Gasteiger partial charge < -0.3 is 20.3 Å². The van der Waals surface area contributed by atoms with Crippen molar-refractivity contribution in [2.75, 3.05) is 43.6 Å². The highest BCUT2D eigenvalue weighted by atomic mass is 32.1. The molecule has 0 aliphatic carbocycles. The molecule has 1 aromatic carbocycles. The Kier molecular flexibility index (Phi) is 4.38. The maximum atomic E-state index is 5.39. The van der Waals surface area contributed by atoms with Crippen molar-refractivity contribution in [2.24, 2.45) is 0 Å². The number of anilines is 2. The summed E-state index contributed by atoms with van der Waals surface area (Å²) in [5.74, 6) is 0. The molecule has 0 saturated carbocycles. The van der Waals surface area contributed by atoms with Gasteiger partial charge in [-0.05, 0) is 30.8 Å². The second-order valence-corrected chi connectivity index (χ2v) is 4.68. The number of benzene rings is 1. The van der Waals surface area contributed by atoms with Crippen molar-refractivity contribution in [2.45, 2.75) is 6.92 Å². The lowest BCUT2D eigenvalue weighted by molar-refractivity contribution is 0.123. The highest BCUT2D eigenvalue weighted by Gasteiger charge is 2.16. The first-order valence-corrected chi connectivity index (χ1v) is 6.54.